The van der Waals surface area contributed by atoms with E-state index in [-0.39, 0.29) is 0 Å². The molecule has 0 spiro atoms. The van der Waals surface area contributed by atoms with Crippen molar-refractivity contribution in [1.29, 1.82) is 0 Å². The van der Waals surface area contributed by atoms with Crippen LogP contribution < -0.4 is 5.73 Å². The summed E-state index contributed by atoms with van der Waals surface area (Å²) < 4.78 is 0. The number of nitrogens with zero attached hydrogens (tertiary/aromatic N) is 1. The molecule has 2 N–H and O–H groups in total. The topological polar surface area (TPSA) is 29.3 Å². The third kappa shape index (κ3) is 2.89. The highest BCUT2D eigenvalue weighted by molar-refractivity contribution is 8.00. The molecule has 1 aliphatic carbocycles. The molecule has 3 heteroatoms. The second kappa shape index (κ2) is 5.07. The second-order valence-corrected chi connectivity index (χ2v) is 6.74. The summed E-state index contributed by atoms with van der Waals surface area (Å²) >= 11 is 2.12. The van der Waals surface area contributed by atoms with Crippen LogP contribution in [0.3, 0.4) is 0 Å². The van der Waals surface area contributed by atoms with Crippen LogP contribution in [0.25, 0.3) is 0 Å². The van der Waals surface area contributed by atoms with E-state index in [1.807, 2.05) is 0 Å². The average molecular weight is 228 g/mol. The summed E-state index contributed by atoms with van der Waals surface area (Å²) in [4.78, 5) is 2.68. The quantitative estimate of drug-likeness (QED) is 0.783. The Kier molecular flexibility index (Phi) is 3.97. The Balaban J connectivity index is 1.82. The predicted octanol–water partition coefficient (Wildman–Crippen LogP) is 1.94. The fourth-order valence-corrected chi connectivity index (χ4v) is 4.03. The summed E-state index contributed by atoms with van der Waals surface area (Å²) in [6.45, 7) is 7.31. The van der Waals surface area contributed by atoms with Gasteiger partial charge in [0.2, 0.25) is 0 Å². The molecule has 88 valence electrons. The molecule has 0 radical (unpaired) electrons. The highest BCUT2D eigenvalue weighted by atomic mass is 32.2. The van der Waals surface area contributed by atoms with Gasteiger partial charge in [-0.25, -0.2) is 0 Å². The fraction of sp³-hybridized carbons (Fsp3) is 1.00. The normalized spacial score (nSPS) is 43.4. The molecule has 0 amide bonds. The van der Waals surface area contributed by atoms with Gasteiger partial charge in [0.1, 0.15) is 0 Å². The molecule has 0 aromatic carbocycles. The number of hydrogen-bond acceptors (Lipinski definition) is 3. The lowest BCUT2D eigenvalue weighted by molar-refractivity contribution is 0.180. The minimum absolute atomic E-state index is 0.488. The Morgan fingerprint density at radius 3 is 2.80 bits per heavy atom. The summed E-state index contributed by atoms with van der Waals surface area (Å²) in [5.41, 5.74) is 5.97. The lowest BCUT2D eigenvalue weighted by atomic mass is 10.1. The maximum Gasteiger partial charge on any atom is 0.0184 e. The molecule has 2 nitrogen and oxygen atoms in total. The molecule has 0 bridgehead atoms. The minimum atomic E-state index is 0.488. The van der Waals surface area contributed by atoms with E-state index in [0.717, 1.165) is 17.2 Å². The van der Waals surface area contributed by atoms with Crippen LogP contribution in [0.2, 0.25) is 0 Å². The lowest BCUT2D eigenvalue weighted by Crippen LogP contribution is -2.46. The Morgan fingerprint density at radius 2 is 2.13 bits per heavy atom. The molecule has 1 saturated carbocycles. The zero-order valence-electron chi connectivity index (χ0n) is 9.98. The summed E-state index contributed by atoms with van der Waals surface area (Å²) in [5.74, 6) is 2.18. The number of nitrogens with two attached hydrogens (primary N) is 1. The highest BCUT2D eigenvalue weighted by Gasteiger charge is 2.29. The summed E-state index contributed by atoms with van der Waals surface area (Å²) in [5, 5.41) is 0.800. The van der Waals surface area contributed by atoms with Crippen molar-refractivity contribution in [3.63, 3.8) is 0 Å². The third-order valence-electron chi connectivity index (χ3n) is 4.09. The standard InChI is InChI=1S/C12H24N2S/c1-9-10(2)15-6-5-14(9)8-11-3-4-12(13)7-11/h9-12H,3-8,13H2,1-2H3. The van der Waals surface area contributed by atoms with Crippen molar-refractivity contribution in [3.8, 4) is 0 Å². The zero-order valence-corrected chi connectivity index (χ0v) is 10.8. The Hall–Kier alpha value is 0.270. The number of rotatable bonds is 2. The number of hydrogen-bond donors (Lipinski definition) is 1. The maximum atomic E-state index is 5.97. The molecule has 1 heterocycles. The van der Waals surface area contributed by atoms with Gasteiger partial charge in [-0.3, -0.25) is 4.90 Å². The van der Waals surface area contributed by atoms with Gasteiger partial charge >= 0.3 is 0 Å². The minimum Gasteiger partial charge on any atom is -0.328 e. The molecule has 0 aromatic rings. The SMILES string of the molecule is CC1SCCN(CC2CCC(N)C2)C1C. The Labute approximate surface area is 98.0 Å². The third-order valence-corrected chi connectivity index (χ3v) is 5.43. The first-order valence-electron chi connectivity index (χ1n) is 6.28. The van der Waals surface area contributed by atoms with E-state index >= 15 is 0 Å². The predicted molar refractivity (Wildman–Crippen MR) is 68.3 cm³/mol. The van der Waals surface area contributed by atoms with E-state index in [0.29, 0.717) is 6.04 Å². The van der Waals surface area contributed by atoms with Gasteiger partial charge in [0.05, 0.1) is 0 Å². The molecule has 1 aliphatic heterocycles. The first kappa shape index (κ1) is 11.7. The van der Waals surface area contributed by atoms with Gasteiger partial charge in [0.15, 0.2) is 0 Å². The van der Waals surface area contributed by atoms with Crippen molar-refractivity contribution in [3.05, 3.63) is 0 Å². The summed E-state index contributed by atoms with van der Waals surface area (Å²) in [6, 6.07) is 1.24. The van der Waals surface area contributed by atoms with E-state index in [9.17, 15) is 0 Å². The van der Waals surface area contributed by atoms with Gasteiger partial charge in [-0.2, -0.15) is 11.8 Å². The smallest absolute Gasteiger partial charge is 0.0184 e. The van der Waals surface area contributed by atoms with Gasteiger partial charge in [0, 0.05) is 36.2 Å². The maximum absolute atomic E-state index is 5.97. The van der Waals surface area contributed by atoms with Crippen molar-refractivity contribution >= 4 is 11.8 Å². The first-order chi connectivity index (χ1) is 7.16. The molecular weight excluding hydrogens is 204 g/mol. The van der Waals surface area contributed by atoms with Crippen LogP contribution in [-0.2, 0) is 0 Å². The van der Waals surface area contributed by atoms with Gasteiger partial charge in [0.25, 0.3) is 0 Å². The Bertz CT molecular complexity index is 210. The molecule has 2 aliphatic rings. The lowest BCUT2D eigenvalue weighted by Gasteiger charge is -2.38. The van der Waals surface area contributed by atoms with Gasteiger partial charge in [-0.1, -0.05) is 6.92 Å². The van der Waals surface area contributed by atoms with E-state index in [1.54, 1.807) is 0 Å². The van der Waals surface area contributed by atoms with Crippen LogP contribution in [0.1, 0.15) is 33.1 Å². The van der Waals surface area contributed by atoms with Crippen LogP contribution in [0.4, 0.5) is 0 Å². The molecule has 0 aromatic heterocycles. The fourth-order valence-electron chi connectivity index (χ4n) is 2.86. The monoisotopic (exact) mass is 228 g/mol. The van der Waals surface area contributed by atoms with Gasteiger partial charge < -0.3 is 5.73 Å². The zero-order chi connectivity index (χ0) is 10.8. The molecular formula is C12H24N2S. The number of thioether (sulfide) groups is 1. The molecule has 4 unspecified atom stereocenters. The van der Waals surface area contributed by atoms with Crippen molar-refractivity contribution in [2.45, 2.75) is 50.4 Å². The van der Waals surface area contributed by atoms with Gasteiger partial charge in [-0.15, -0.1) is 0 Å². The highest BCUT2D eigenvalue weighted by Crippen LogP contribution is 2.29. The van der Waals surface area contributed by atoms with E-state index in [4.69, 9.17) is 5.73 Å². The van der Waals surface area contributed by atoms with Gasteiger partial charge in [-0.05, 0) is 32.1 Å². The molecule has 2 rings (SSSR count). The van der Waals surface area contributed by atoms with Crippen molar-refractivity contribution in [1.82, 2.24) is 4.90 Å². The van der Waals surface area contributed by atoms with E-state index < -0.39 is 0 Å². The molecule has 2 fully saturated rings. The van der Waals surface area contributed by atoms with Crippen molar-refractivity contribution in [2.24, 2.45) is 11.7 Å². The molecule has 1 saturated heterocycles. The molecule has 15 heavy (non-hydrogen) atoms. The largest absolute Gasteiger partial charge is 0.328 e. The molecule has 4 atom stereocenters. The van der Waals surface area contributed by atoms with Crippen LogP contribution in [0.5, 0.6) is 0 Å². The van der Waals surface area contributed by atoms with Crippen LogP contribution in [-0.4, -0.2) is 41.1 Å². The van der Waals surface area contributed by atoms with Crippen molar-refractivity contribution in [2.75, 3.05) is 18.8 Å². The average Bonchev–Trinajstić information content (AvgIpc) is 2.59. The van der Waals surface area contributed by atoms with Crippen LogP contribution >= 0.6 is 11.8 Å². The van der Waals surface area contributed by atoms with E-state index in [1.165, 1.54) is 38.1 Å². The van der Waals surface area contributed by atoms with Crippen LogP contribution in [0, 0.1) is 5.92 Å². The van der Waals surface area contributed by atoms with Crippen LogP contribution in [0.15, 0.2) is 0 Å². The Morgan fingerprint density at radius 1 is 1.33 bits per heavy atom. The first-order valence-corrected chi connectivity index (χ1v) is 7.33. The van der Waals surface area contributed by atoms with E-state index in [2.05, 4.69) is 30.5 Å². The summed E-state index contributed by atoms with van der Waals surface area (Å²) in [6.07, 6.45) is 3.86. The van der Waals surface area contributed by atoms with Crippen molar-refractivity contribution < 1.29 is 0 Å². The second-order valence-electron chi connectivity index (χ2n) is 5.25. The summed E-state index contributed by atoms with van der Waals surface area (Å²) in [7, 11) is 0.